The normalized spacial score (nSPS) is 13.9. The van der Waals surface area contributed by atoms with E-state index < -0.39 is 11.9 Å². The summed E-state index contributed by atoms with van der Waals surface area (Å²) < 4.78 is 5.07. The summed E-state index contributed by atoms with van der Waals surface area (Å²) in [5.41, 5.74) is 8.22. The lowest BCUT2D eigenvalue weighted by atomic mass is 10.0. The van der Waals surface area contributed by atoms with Crippen LogP contribution >= 0.6 is 0 Å². The van der Waals surface area contributed by atoms with E-state index in [0.717, 1.165) is 23.9 Å². The molecule has 3 N–H and O–H groups in total. The lowest BCUT2D eigenvalue weighted by Crippen LogP contribution is -2.32. The molecule has 4 aromatic rings. The molecule has 1 aliphatic rings. The molecular formula is C28H28N8O2. The van der Waals surface area contributed by atoms with Crippen molar-refractivity contribution in [3.8, 4) is 11.8 Å². The maximum Gasteiger partial charge on any atom is 0.260 e. The van der Waals surface area contributed by atoms with Gasteiger partial charge in [-0.2, -0.15) is 5.10 Å². The Balaban J connectivity index is 1.55. The summed E-state index contributed by atoms with van der Waals surface area (Å²) >= 11 is 0. The number of nitrogens with two attached hydrogens (primary N) is 1. The number of imidazole rings is 1. The van der Waals surface area contributed by atoms with Crippen LogP contribution in [0.3, 0.4) is 0 Å². The van der Waals surface area contributed by atoms with Crippen molar-refractivity contribution in [3.63, 3.8) is 0 Å². The van der Waals surface area contributed by atoms with Crippen LogP contribution in [0.1, 0.15) is 59.2 Å². The van der Waals surface area contributed by atoms with Gasteiger partial charge in [0.1, 0.15) is 11.3 Å². The van der Waals surface area contributed by atoms with Crippen molar-refractivity contribution >= 4 is 34.5 Å². The highest BCUT2D eigenvalue weighted by molar-refractivity contribution is 6.03. The highest BCUT2D eigenvalue weighted by atomic mass is 16.2. The number of carbonyl (C=O) groups is 1. The summed E-state index contributed by atoms with van der Waals surface area (Å²) in [6, 6.07) is 7.17. The molecule has 1 fully saturated rings. The van der Waals surface area contributed by atoms with Crippen molar-refractivity contribution in [1.29, 1.82) is 0 Å². The zero-order valence-corrected chi connectivity index (χ0v) is 21.5. The molecule has 1 amide bonds. The number of allylic oxidation sites excluding steroid dienone is 1. The van der Waals surface area contributed by atoms with Crippen molar-refractivity contribution in [2.45, 2.75) is 31.8 Å². The van der Waals surface area contributed by atoms with Gasteiger partial charge in [0.2, 0.25) is 0 Å². The Labute approximate surface area is 219 Å². The number of nitrogen functional groups attached to an aromatic ring is 1. The van der Waals surface area contributed by atoms with Gasteiger partial charge in [0.15, 0.2) is 11.6 Å². The summed E-state index contributed by atoms with van der Waals surface area (Å²) in [5, 5.41) is 8.46. The molecule has 10 nitrogen and oxygen atoms in total. The third-order valence-corrected chi connectivity index (χ3v) is 6.53. The first-order chi connectivity index (χ1) is 18.3. The minimum absolute atomic E-state index is 0.0724. The fourth-order valence-electron chi connectivity index (χ4n) is 4.52. The minimum atomic E-state index is -0.486. The zero-order chi connectivity index (χ0) is 27.0. The van der Waals surface area contributed by atoms with Gasteiger partial charge < -0.3 is 20.2 Å². The van der Waals surface area contributed by atoms with Gasteiger partial charge in [-0.1, -0.05) is 30.7 Å². The number of rotatable bonds is 6. The van der Waals surface area contributed by atoms with Crippen LogP contribution in [0.2, 0.25) is 0 Å². The summed E-state index contributed by atoms with van der Waals surface area (Å²) in [6.45, 7) is 5.47. The van der Waals surface area contributed by atoms with Crippen LogP contribution in [-0.4, -0.2) is 36.0 Å². The van der Waals surface area contributed by atoms with Crippen molar-refractivity contribution in [3.05, 3.63) is 82.3 Å². The molecule has 0 saturated heterocycles. The Hall–Kier alpha value is -4.91. The first-order valence-electron chi connectivity index (χ1n) is 12.2. The van der Waals surface area contributed by atoms with Crippen LogP contribution in [0.5, 0.6) is 0 Å². The molecule has 1 aliphatic carbocycles. The average Bonchev–Trinajstić information content (AvgIpc) is 3.57. The number of carbonyl (C=O) groups excluding carboxylic acids is 1. The fourth-order valence-corrected chi connectivity index (χ4v) is 4.52. The van der Waals surface area contributed by atoms with Crippen molar-refractivity contribution in [2.75, 3.05) is 5.73 Å². The molecule has 0 spiro atoms. The largest absolute Gasteiger partial charge is 0.381 e. The van der Waals surface area contributed by atoms with Gasteiger partial charge in [-0.25, -0.2) is 14.7 Å². The highest BCUT2D eigenvalue weighted by Crippen LogP contribution is 2.37. The fraction of sp³-hybridized carbons (Fsp3) is 0.250. The van der Waals surface area contributed by atoms with E-state index in [1.807, 2.05) is 42.8 Å². The molecule has 3 heterocycles. The van der Waals surface area contributed by atoms with E-state index in [1.165, 1.54) is 17.0 Å². The molecular weight excluding hydrogens is 480 g/mol. The number of benzene rings is 1. The van der Waals surface area contributed by atoms with E-state index in [1.54, 1.807) is 24.1 Å². The van der Waals surface area contributed by atoms with Gasteiger partial charge in [-0.15, -0.1) is 0 Å². The quantitative estimate of drug-likeness (QED) is 0.306. The molecule has 192 valence electrons. The number of hydrogen-bond acceptors (Lipinski definition) is 6. The third kappa shape index (κ3) is 4.50. The van der Waals surface area contributed by atoms with Crippen LogP contribution in [0, 0.1) is 11.8 Å². The molecule has 1 atom stereocenters. The number of aryl methyl sites for hydroxylation is 2. The van der Waals surface area contributed by atoms with Gasteiger partial charge >= 0.3 is 0 Å². The van der Waals surface area contributed by atoms with E-state index in [-0.39, 0.29) is 23.0 Å². The van der Waals surface area contributed by atoms with E-state index in [0.29, 0.717) is 22.5 Å². The van der Waals surface area contributed by atoms with Crippen LogP contribution < -0.4 is 16.6 Å². The summed E-state index contributed by atoms with van der Waals surface area (Å²) in [4.78, 5) is 35.5. The van der Waals surface area contributed by atoms with Crippen LogP contribution in [0.25, 0.3) is 10.8 Å². The number of fused-ring (bicyclic) bond motifs is 1. The number of aromatic nitrogens is 5. The summed E-state index contributed by atoms with van der Waals surface area (Å²) in [7, 11) is 3.53. The second-order valence-electron chi connectivity index (χ2n) is 9.30. The number of anilines is 1. The molecule has 38 heavy (non-hydrogen) atoms. The van der Waals surface area contributed by atoms with E-state index >= 15 is 0 Å². The molecule has 5 rings (SSSR count). The monoisotopic (exact) mass is 508 g/mol. The Kier molecular flexibility index (Phi) is 6.43. The highest BCUT2D eigenvalue weighted by Gasteiger charge is 2.31. The van der Waals surface area contributed by atoms with Crippen LogP contribution in [0.15, 0.2) is 59.2 Å². The SMILES string of the molecule is C=C/C=N\c1c(C(=O)NC(C)c2cc3cccc(C#Cc4cncn4C)c3c(=O)n2C2CC2)c(N)nn1C. The van der Waals surface area contributed by atoms with Crippen molar-refractivity contribution in [1.82, 2.24) is 29.2 Å². The van der Waals surface area contributed by atoms with Gasteiger partial charge in [-0.05, 0) is 43.2 Å². The Morgan fingerprint density at radius 3 is 2.79 bits per heavy atom. The smallest absolute Gasteiger partial charge is 0.260 e. The predicted octanol–water partition coefficient (Wildman–Crippen LogP) is 3.16. The molecule has 1 aromatic carbocycles. The number of pyridine rings is 1. The zero-order valence-electron chi connectivity index (χ0n) is 21.5. The average molecular weight is 509 g/mol. The van der Waals surface area contributed by atoms with E-state index in [9.17, 15) is 9.59 Å². The molecule has 3 aromatic heterocycles. The molecule has 0 aliphatic heterocycles. The third-order valence-electron chi connectivity index (χ3n) is 6.53. The van der Waals surface area contributed by atoms with Gasteiger partial charge in [0.05, 0.1) is 24.0 Å². The second kappa shape index (κ2) is 9.86. The lowest BCUT2D eigenvalue weighted by molar-refractivity contribution is 0.0940. The molecule has 1 saturated carbocycles. The number of amides is 1. The minimum Gasteiger partial charge on any atom is -0.381 e. The van der Waals surface area contributed by atoms with Gasteiger partial charge in [-0.3, -0.25) is 9.59 Å². The molecule has 0 radical (unpaired) electrons. The molecule has 1 unspecified atom stereocenters. The number of hydrogen-bond donors (Lipinski definition) is 2. The second-order valence-corrected chi connectivity index (χ2v) is 9.30. The topological polar surface area (TPSA) is 125 Å². The summed E-state index contributed by atoms with van der Waals surface area (Å²) in [5.74, 6) is 6.23. The standard InChI is InChI=1S/C28H28N8O2/c1-5-13-31-26-24(25(29)33-35(26)4)27(37)32-17(2)22-14-19-8-6-7-18(9-10-21-15-30-16-34(21)3)23(19)28(38)36(22)20-11-12-20/h5-8,13-17,20H,1,11-12H2,2-4H3,(H2,29,33)(H,32,37)/b31-13-. The number of aliphatic imine (C=N–C) groups is 1. The Morgan fingerprint density at radius 2 is 2.11 bits per heavy atom. The van der Waals surface area contributed by atoms with E-state index in [4.69, 9.17) is 5.73 Å². The van der Waals surface area contributed by atoms with E-state index in [2.05, 4.69) is 38.8 Å². The predicted molar refractivity (Wildman–Crippen MR) is 148 cm³/mol. The van der Waals surface area contributed by atoms with Gasteiger partial charge in [0.25, 0.3) is 11.5 Å². The Bertz CT molecular complexity index is 1720. The number of nitrogens with zero attached hydrogens (tertiary/aromatic N) is 6. The first-order valence-corrected chi connectivity index (χ1v) is 12.2. The maximum absolute atomic E-state index is 13.9. The lowest BCUT2D eigenvalue weighted by Gasteiger charge is -2.21. The number of nitrogens with one attached hydrogen (secondary N) is 1. The van der Waals surface area contributed by atoms with Crippen molar-refractivity contribution < 1.29 is 4.79 Å². The first kappa shape index (κ1) is 24.8. The van der Waals surface area contributed by atoms with Crippen LogP contribution in [-0.2, 0) is 14.1 Å². The molecule has 0 bridgehead atoms. The summed E-state index contributed by atoms with van der Waals surface area (Å²) in [6.07, 6.45) is 8.15. The Morgan fingerprint density at radius 1 is 1.32 bits per heavy atom. The van der Waals surface area contributed by atoms with Crippen molar-refractivity contribution in [2.24, 2.45) is 19.1 Å². The molecule has 10 heteroatoms. The van der Waals surface area contributed by atoms with Gasteiger partial charge in [0, 0.05) is 37.6 Å². The maximum atomic E-state index is 13.9. The van der Waals surface area contributed by atoms with Crippen LogP contribution in [0.4, 0.5) is 11.6 Å².